The molecule has 0 radical (unpaired) electrons. The van der Waals surface area contributed by atoms with Gasteiger partial charge in [-0.2, -0.15) is 0 Å². The molecule has 1 unspecified atom stereocenters. The minimum atomic E-state index is -0.547. The van der Waals surface area contributed by atoms with Gasteiger partial charge in [-0.3, -0.25) is 4.84 Å². The number of thiocarbonyl (C=S) groups is 1. The van der Waals surface area contributed by atoms with Gasteiger partial charge in [-0.05, 0) is 63.9 Å². The second-order valence-corrected chi connectivity index (χ2v) is 11.4. The SMILES string of the molecule is CCCCCCCCCCCCCCCc1cccc(OCC)c1C1C(C(=O)OCC)=C(C)NC(=S)N1OCCC. The molecule has 0 spiro atoms. The first-order valence-electron chi connectivity index (χ1n) is 16.4. The molecule has 0 saturated heterocycles. The molecule has 0 aromatic heterocycles. The Morgan fingerprint density at radius 1 is 0.854 bits per heavy atom. The van der Waals surface area contributed by atoms with Crippen LogP contribution in [0.2, 0.25) is 0 Å². The van der Waals surface area contributed by atoms with Crippen LogP contribution in [-0.2, 0) is 20.8 Å². The van der Waals surface area contributed by atoms with Crippen molar-refractivity contribution < 1.29 is 19.1 Å². The van der Waals surface area contributed by atoms with Crippen LogP contribution >= 0.6 is 12.2 Å². The number of carbonyl (C=O) groups is 1. The Morgan fingerprint density at radius 3 is 2.02 bits per heavy atom. The van der Waals surface area contributed by atoms with Crippen molar-refractivity contribution in [1.82, 2.24) is 10.4 Å². The van der Waals surface area contributed by atoms with Gasteiger partial charge in [-0.1, -0.05) is 103 Å². The number of unbranched alkanes of at least 4 members (excludes halogenated alkanes) is 12. The fraction of sp³-hybridized carbons (Fsp3) is 0.706. The second kappa shape index (κ2) is 20.7. The van der Waals surface area contributed by atoms with Gasteiger partial charge >= 0.3 is 5.97 Å². The van der Waals surface area contributed by atoms with Crippen molar-refractivity contribution in [3.8, 4) is 5.75 Å². The molecule has 0 saturated carbocycles. The van der Waals surface area contributed by atoms with Crippen LogP contribution in [0.3, 0.4) is 0 Å². The zero-order chi connectivity index (χ0) is 29.9. The number of aryl methyl sites for hydroxylation is 1. The van der Waals surface area contributed by atoms with Crippen molar-refractivity contribution in [3.63, 3.8) is 0 Å². The third-order valence-electron chi connectivity index (χ3n) is 7.62. The van der Waals surface area contributed by atoms with E-state index in [1.165, 1.54) is 77.0 Å². The normalized spacial score (nSPS) is 15.3. The van der Waals surface area contributed by atoms with Gasteiger partial charge < -0.3 is 14.8 Å². The molecule has 2 rings (SSSR count). The predicted octanol–water partition coefficient (Wildman–Crippen LogP) is 9.13. The molecule has 1 atom stereocenters. The van der Waals surface area contributed by atoms with Crippen LogP contribution in [0.4, 0.5) is 0 Å². The van der Waals surface area contributed by atoms with Crippen molar-refractivity contribution >= 4 is 23.3 Å². The monoisotopic (exact) mass is 588 g/mol. The summed E-state index contributed by atoms with van der Waals surface area (Å²) in [5, 5.41) is 5.27. The van der Waals surface area contributed by atoms with E-state index in [0.29, 0.717) is 36.2 Å². The summed E-state index contributed by atoms with van der Waals surface area (Å²) in [4.78, 5) is 19.5. The van der Waals surface area contributed by atoms with Gasteiger partial charge in [0.15, 0.2) is 5.11 Å². The van der Waals surface area contributed by atoms with E-state index in [0.717, 1.165) is 36.1 Å². The molecule has 232 valence electrons. The van der Waals surface area contributed by atoms with Gasteiger partial charge in [0.05, 0.1) is 25.4 Å². The predicted molar refractivity (Wildman–Crippen MR) is 173 cm³/mol. The standard InChI is InChI=1S/C34H56N2O4S/c1-6-10-11-12-13-14-15-16-17-18-19-20-21-23-28-24-22-25-29(38-8-3)31(28)32-30(33(37)39-9-4)27(5)35-34(41)36(32)40-26-7-2/h22,24-25,32H,6-21,23,26H2,1-5H3,(H,35,41). The van der Waals surface area contributed by atoms with Gasteiger partial charge in [0.2, 0.25) is 0 Å². The molecule has 1 aromatic rings. The maximum absolute atomic E-state index is 13.3. The van der Waals surface area contributed by atoms with Gasteiger partial charge in [0.1, 0.15) is 11.8 Å². The molecule has 0 bridgehead atoms. The number of hydroxylamine groups is 2. The maximum atomic E-state index is 13.3. The summed E-state index contributed by atoms with van der Waals surface area (Å²) in [6.45, 7) is 11.3. The third kappa shape index (κ3) is 11.6. The Labute approximate surface area is 255 Å². The fourth-order valence-electron chi connectivity index (χ4n) is 5.51. The molecule has 1 aliphatic rings. The Hall–Kier alpha value is -2.12. The quantitative estimate of drug-likeness (QED) is 0.0823. The first kappa shape index (κ1) is 35.1. The summed E-state index contributed by atoms with van der Waals surface area (Å²) in [6, 6.07) is 5.63. The smallest absolute Gasteiger partial charge is 0.338 e. The number of ether oxygens (including phenoxy) is 2. The molecule has 0 amide bonds. The Bertz CT molecular complexity index is 949. The molecular weight excluding hydrogens is 532 g/mol. The lowest BCUT2D eigenvalue weighted by atomic mass is 9.88. The number of hydrogen-bond acceptors (Lipinski definition) is 5. The highest BCUT2D eigenvalue weighted by molar-refractivity contribution is 7.80. The number of esters is 1. The van der Waals surface area contributed by atoms with E-state index >= 15 is 0 Å². The van der Waals surface area contributed by atoms with Gasteiger partial charge in [-0.25, -0.2) is 9.86 Å². The molecule has 6 nitrogen and oxygen atoms in total. The minimum absolute atomic E-state index is 0.293. The highest BCUT2D eigenvalue weighted by Gasteiger charge is 2.40. The fourth-order valence-corrected chi connectivity index (χ4v) is 5.82. The van der Waals surface area contributed by atoms with E-state index in [4.69, 9.17) is 26.5 Å². The van der Waals surface area contributed by atoms with Gasteiger partial charge in [0.25, 0.3) is 0 Å². The second-order valence-electron chi connectivity index (χ2n) is 11.0. The molecule has 41 heavy (non-hydrogen) atoms. The van der Waals surface area contributed by atoms with E-state index < -0.39 is 6.04 Å². The summed E-state index contributed by atoms with van der Waals surface area (Å²) in [5.41, 5.74) is 3.30. The number of carbonyl (C=O) groups excluding carboxylic acids is 1. The molecule has 1 aliphatic heterocycles. The van der Waals surface area contributed by atoms with Crippen molar-refractivity contribution in [3.05, 3.63) is 40.6 Å². The molecule has 0 fully saturated rings. The zero-order valence-electron chi connectivity index (χ0n) is 26.5. The number of benzene rings is 1. The van der Waals surface area contributed by atoms with Crippen molar-refractivity contribution in [2.45, 2.75) is 137 Å². The van der Waals surface area contributed by atoms with Crippen molar-refractivity contribution in [2.75, 3.05) is 19.8 Å². The van der Waals surface area contributed by atoms with Crippen LogP contribution in [0.25, 0.3) is 0 Å². The van der Waals surface area contributed by atoms with E-state index in [2.05, 4.69) is 25.2 Å². The number of nitrogens with zero attached hydrogens (tertiary/aromatic N) is 1. The number of allylic oxidation sites excluding steroid dienone is 1. The largest absolute Gasteiger partial charge is 0.493 e. The molecule has 1 aromatic carbocycles. The summed E-state index contributed by atoms with van der Waals surface area (Å²) >= 11 is 5.71. The third-order valence-corrected chi connectivity index (χ3v) is 7.90. The summed E-state index contributed by atoms with van der Waals surface area (Å²) in [7, 11) is 0. The van der Waals surface area contributed by atoms with Crippen molar-refractivity contribution in [1.29, 1.82) is 0 Å². The van der Waals surface area contributed by atoms with E-state index in [-0.39, 0.29) is 5.97 Å². The summed E-state index contributed by atoms with van der Waals surface area (Å²) in [5.74, 6) is 0.391. The van der Waals surface area contributed by atoms with Crippen molar-refractivity contribution in [2.24, 2.45) is 0 Å². The van der Waals surface area contributed by atoms with E-state index in [9.17, 15) is 4.79 Å². The Morgan fingerprint density at radius 2 is 1.46 bits per heavy atom. The number of rotatable bonds is 22. The van der Waals surface area contributed by atoms with Crippen LogP contribution in [0.15, 0.2) is 29.5 Å². The van der Waals surface area contributed by atoms with Crippen LogP contribution in [0.5, 0.6) is 5.75 Å². The molecule has 1 N–H and O–H groups in total. The molecule has 0 aliphatic carbocycles. The highest BCUT2D eigenvalue weighted by atomic mass is 32.1. The summed E-state index contributed by atoms with van der Waals surface area (Å²) < 4.78 is 11.7. The molecular formula is C34H56N2O4S. The van der Waals surface area contributed by atoms with E-state index in [1.807, 2.05) is 32.9 Å². The van der Waals surface area contributed by atoms with Gasteiger partial charge in [0, 0.05) is 11.3 Å². The number of hydrogen-bond donors (Lipinski definition) is 1. The Kier molecular flexibility index (Phi) is 17.7. The Balaban J connectivity index is 2.11. The topological polar surface area (TPSA) is 60.0 Å². The van der Waals surface area contributed by atoms with E-state index in [1.54, 1.807) is 5.06 Å². The maximum Gasteiger partial charge on any atom is 0.338 e. The van der Waals surface area contributed by atoms with Crippen LogP contribution in [-0.4, -0.2) is 36.0 Å². The first-order chi connectivity index (χ1) is 20.0. The molecule has 7 heteroatoms. The van der Waals surface area contributed by atoms with Crippen LogP contribution in [0, 0.1) is 0 Å². The molecule has 1 heterocycles. The minimum Gasteiger partial charge on any atom is -0.493 e. The average Bonchev–Trinajstić information content (AvgIpc) is 2.95. The lowest BCUT2D eigenvalue weighted by Crippen LogP contribution is -2.48. The zero-order valence-corrected chi connectivity index (χ0v) is 27.3. The van der Waals surface area contributed by atoms with Gasteiger partial charge in [-0.15, -0.1) is 0 Å². The lowest BCUT2D eigenvalue weighted by Gasteiger charge is -2.39. The summed E-state index contributed by atoms with van der Waals surface area (Å²) in [6.07, 6.45) is 18.9. The van der Waals surface area contributed by atoms with Crippen LogP contribution < -0.4 is 10.1 Å². The number of nitrogens with one attached hydrogen (secondary N) is 1. The average molecular weight is 589 g/mol. The highest BCUT2D eigenvalue weighted by Crippen LogP contribution is 2.41. The lowest BCUT2D eigenvalue weighted by molar-refractivity contribution is -0.147. The van der Waals surface area contributed by atoms with Crippen LogP contribution in [0.1, 0.15) is 142 Å². The first-order valence-corrected chi connectivity index (χ1v) is 16.8.